The molecule has 4 nitrogen and oxygen atoms in total. The zero-order valence-electron chi connectivity index (χ0n) is 23.7. The van der Waals surface area contributed by atoms with Gasteiger partial charge in [0.2, 0.25) is 0 Å². The summed E-state index contributed by atoms with van der Waals surface area (Å²) < 4.78 is 31.4. The average molecular weight is 656 g/mol. The third-order valence-electron chi connectivity index (χ3n) is 7.84. The van der Waals surface area contributed by atoms with Gasteiger partial charge in [-0.2, -0.15) is 0 Å². The minimum absolute atomic E-state index is 0.621. The fourth-order valence-corrected chi connectivity index (χ4v) is 27.9. The summed E-state index contributed by atoms with van der Waals surface area (Å²) >= 11 is 1.20. The summed E-state index contributed by atoms with van der Waals surface area (Å²) in [4.78, 5) is 3.82. The Bertz CT molecular complexity index is 961. The van der Waals surface area contributed by atoms with Crippen molar-refractivity contribution in [1.29, 1.82) is 0 Å². The molecule has 0 radical (unpaired) electrons. The fourth-order valence-electron chi connectivity index (χ4n) is 5.75. The number of hydrogen-bond acceptors (Lipinski definition) is 6. The molecule has 0 atom stereocenters. The predicted octanol–water partition coefficient (Wildman–Crippen LogP) is 9.20. The number of rotatable bonds is 16. The molecular weight excluding hydrogens is 607 g/mol. The third kappa shape index (κ3) is 6.77. The van der Waals surface area contributed by atoms with Crippen molar-refractivity contribution in [3.63, 3.8) is 0 Å². The van der Waals surface area contributed by atoms with E-state index >= 15 is 0 Å². The summed E-state index contributed by atoms with van der Waals surface area (Å²) in [5, 5.41) is 0. The summed E-state index contributed by atoms with van der Waals surface area (Å²) in [7, 11) is 0. The Kier molecular flexibility index (Phi) is 11.7. The summed E-state index contributed by atoms with van der Waals surface area (Å²) in [6.45, 7) is 11.9. The minimum atomic E-state index is -2.71. The van der Waals surface area contributed by atoms with E-state index in [4.69, 9.17) is 18.9 Å². The SMILES string of the molecule is CCCCCCc1sc(-c2s[c]([Sn]([CH2]CCC)([CH2]CCC)[CH2]CCC)c3c2OCCO3)c2c1OCCO2. The Balaban J connectivity index is 1.79. The monoisotopic (exact) mass is 656 g/mol. The molecule has 2 aromatic heterocycles. The van der Waals surface area contributed by atoms with Crippen molar-refractivity contribution >= 4 is 43.9 Å². The molecule has 4 rings (SSSR count). The van der Waals surface area contributed by atoms with Crippen LogP contribution in [0.15, 0.2) is 0 Å². The molecule has 4 heterocycles. The molecule has 37 heavy (non-hydrogen) atoms. The second-order valence-corrected chi connectivity index (χ2v) is 26.9. The Hall–Kier alpha value is -0.601. The van der Waals surface area contributed by atoms with Gasteiger partial charge in [0, 0.05) is 0 Å². The first kappa shape index (κ1) is 29.4. The second-order valence-electron chi connectivity index (χ2n) is 10.7. The summed E-state index contributed by atoms with van der Waals surface area (Å²) in [5.74, 6) is 4.09. The normalized spacial score (nSPS) is 14.8. The van der Waals surface area contributed by atoms with Crippen LogP contribution in [0, 0.1) is 0 Å². The van der Waals surface area contributed by atoms with Crippen molar-refractivity contribution in [2.75, 3.05) is 26.4 Å². The molecule has 0 amide bonds. The topological polar surface area (TPSA) is 36.9 Å². The van der Waals surface area contributed by atoms with Crippen molar-refractivity contribution in [2.45, 2.75) is 112 Å². The van der Waals surface area contributed by atoms with Crippen LogP contribution in [0.3, 0.4) is 0 Å². The van der Waals surface area contributed by atoms with Crippen molar-refractivity contribution in [3.8, 4) is 32.8 Å². The van der Waals surface area contributed by atoms with Gasteiger partial charge in [-0.3, -0.25) is 0 Å². The molecule has 0 bridgehead atoms. The van der Waals surface area contributed by atoms with Gasteiger partial charge >= 0.3 is 239 Å². The first-order valence-corrected chi connectivity index (χ1v) is 24.1. The molecule has 0 unspecified atom stereocenters. The van der Waals surface area contributed by atoms with Crippen LogP contribution in [0.1, 0.15) is 96.8 Å². The van der Waals surface area contributed by atoms with Crippen LogP contribution >= 0.6 is 22.7 Å². The molecule has 0 aliphatic carbocycles. The Morgan fingerprint density at radius 3 is 1.59 bits per heavy atom. The molecular formula is C30H48O4S2Sn. The van der Waals surface area contributed by atoms with Crippen LogP contribution in [0.5, 0.6) is 23.0 Å². The van der Waals surface area contributed by atoms with Crippen LogP contribution in [-0.4, -0.2) is 44.8 Å². The van der Waals surface area contributed by atoms with Crippen LogP contribution in [0.4, 0.5) is 0 Å². The number of hydrogen-bond donors (Lipinski definition) is 0. The van der Waals surface area contributed by atoms with E-state index in [0.29, 0.717) is 26.4 Å². The molecule has 0 spiro atoms. The van der Waals surface area contributed by atoms with Gasteiger partial charge < -0.3 is 0 Å². The maximum absolute atomic E-state index is 6.52. The summed E-state index contributed by atoms with van der Waals surface area (Å²) in [6.07, 6.45) is 14.0. The van der Waals surface area contributed by atoms with Gasteiger partial charge in [-0.25, -0.2) is 0 Å². The van der Waals surface area contributed by atoms with Gasteiger partial charge in [0.1, 0.15) is 0 Å². The second kappa shape index (κ2) is 14.7. The van der Waals surface area contributed by atoms with Crippen molar-refractivity contribution in [1.82, 2.24) is 0 Å². The zero-order chi connectivity index (χ0) is 26.1. The van der Waals surface area contributed by atoms with Crippen LogP contribution in [-0.2, 0) is 6.42 Å². The standard InChI is InChI=1S/C18H21O4S2.3C4H9.Sn/c1-2-3-4-5-6-13-15-16(22-10-9-21-15)18(24-13)17-14-12(11-23-17)19-7-8-20-14;3*1-3-4-2;/h2-10H2,1H3;3*1,3-4H2,2H3;. The predicted molar refractivity (Wildman–Crippen MR) is 162 cm³/mol. The van der Waals surface area contributed by atoms with Gasteiger partial charge in [0.25, 0.3) is 0 Å². The number of aryl methyl sites for hydroxylation is 1. The van der Waals surface area contributed by atoms with Crippen molar-refractivity contribution < 1.29 is 18.9 Å². The van der Waals surface area contributed by atoms with E-state index in [-0.39, 0.29) is 0 Å². The molecule has 0 fully saturated rings. The molecule has 0 saturated heterocycles. The molecule has 7 heteroatoms. The van der Waals surface area contributed by atoms with E-state index in [1.54, 1.807) is 2.89 Å². The van der Waals surface area contributed by atoms with E-state index < -0.39 is 18.4 Å². The fraction of sp³-hybridized carbons (Fsp3) is 0.733. The first-order valence-electron chi connectivity index (χ1n) is 15.0. The number of ether oxygens (including phenoxy) is 4. The Labute approximate surface area is 237 Å². The quantitative estimate of drug-likeness (QED) is 0.134. The summed E-state index contributed by atoms with van der Waals surface area (Å²) in [6, 6.07) is 0. The van der Waals surface area contributed by atoms with Crippen molar-refractivity contribution in [2.24, 2.45) is 0 Å². The van der Waals surface area contributed by atoms with Gasteiger partial charge in [0.15, 0.2) is 0 Å². The Morgan fingerprint density at radius 1 is 0.541 bits per heavy atom. The maximum atomic E-state index is 6.52. The molecule has 0 N–H and O–H groups in total. The van der Waals surface area contributed by atoms with E-state index in [1.807, 2.05) is 22.7 Å². The molecule has 2 aromatic rings. The number of unbranched alkanes of at least 4 members (excludes halogenated alkanes) is 6. The van der Waals surface area contributed by atoms with Gasteiger partial charge in [-0.1, -0.05) is 0 Å². The molecule has 2 aliphatic heterocycles. The van der Waals surface area contributed by atoms with Crippen LogP contribution in [0.25, 0.3) is 9.75 Å². The van der Waals surface area contributed by atoms with E-state index in [0.717, 1.165) is 29.4 Å². The van der Waals surface area contributed by atoms with E-state index in [2.05, 4.69) is 27.7 Å². The van der Waals surface area contributed by atoms with Crippen LogP contribution < -0.4 is 21.8 Å². The molecule has 0 saturated carbocycles. The van der Waals surface area contributed by atoms with Gasteiger partial charge in [-0.15, -0.1) is 0 Å². The van der Waals surface area contributed by atoms with Crippen LogP contribution in [0.2, 0.25) is 13.3 Å². The molecule has 208 valence electrons. The van der Waals surface area contributed by atoms with Gasteiger partial charge in [0.05, 0.1) is 0 Å². The van der Waals surface area contributed by atoms with E-state index in [1.165, 1.54) is 92.1 Å². The first-order chi connectivity index (χ1) is 18.2. The van der Waals surface area contributed by atoms with Gasteiger partial charge in [-0.05, 0) is 0 Å². The molecule has 2 aliphatic rings. The Morgan fingerprint density at radius 2 is 1.03 bits per heavy atom. The van der Waals surface area contributed by atoms with Crippen molar-refractivity contribution in [3.05, 3.63) is 4.88 Å². The summed E-state index contributed by atoms with van der Waals surface area (Å²) in [5.41, 5.74) is 0. The average Bonchev–Trinajstić information content (AvgIpc) is 3.50. The third-order valence-corrected chi connectivity index (χ3v) is 28.6. The van der Waals surface area contributed by atoms with E-state index in [9.17, 15) is 0 Å². The number of thiophene rings is 2. The zero-order valence-corrected chi connectivity index (χ0v) is 28.2. The number of fused-ring (bicyclic) bond motifs is 2. The molecule has 0 aromatic carbocycles.